The third kappa shape index (κ3) is 4.23. The number of aryl methyl sites for hydroxylation is 2. The molecule has 0 aliphatic carbocycles. The smallest absolute Gasteiger partial charge is 0.160 e. The highest BCUT2D eigenvalue weighted by Crippen LogP contribution is 2.31. The molecule has 3 heterocycles. The van der Waals surface area contributed by atoms with Crippen LogP contribution in [0.4, 0.5) is 0 Å². The Bertz CT molecular complexity index is 1330. The molecule has 0 unspecified atom stereocenters. The number of Topliss-reactive ketones (excluding diaryl/α,β-unsaturated/α-hetero) is 1. The number of carbonyl (C=O) groups excluding carboxylic acids is 1. The van der Waals surface area contributed by atoms with Crippen molar-refractivity contribution < 1.29 is 9.53 Å². The number of nitrogens with zero attached hydrogens (tertiary/aromatic N) is 2. The van der Waals surface area contributed by atoms with Gasteiger partial charge in [0, 0.05) is 37.6 Å². The molecule has 0 radical (unpaired) electrons. The van der Waals surface area contributed by atoms with Gasteiger partial charge in [-0.15, -0.1) is 0 Å². The number of rotatable bonds is 5. The minimum absolute atomic E-state index is 0.0975. The maximum atomic E-state index is 11.8. The van der Waals surface area contributed by atoms with E-state index >= 15 is 0 Å². The van der Waals surface area contributed by atoms with E-state index in [1.165, 1.54) is 22.3 Å². The van der Waals surface area contributed by atoms with Gasteiger partial charge in [0.2, 0.25) is 0 Å². The summed E-state index contributed by atoms with van der Waals surface area (Å²) in [5.41, 5.74) is 10.3. The van der Waals surface area contributed by atoms with Crippen LogP contribution in [0, 0.1) is 13.8 Å². The van der Waals surface area contributed by atoms with Crippen LogP contribution in [0.1, 0.15) is 63.9 Å². The molecule has 0 N–H and O–H groups in total. The van der Waals surface area contributed by atoms with E-state index in [1.54, 1.807) is 6.92 Å². The second kappa shape index (κ2) is 8.95. The molecular weight excluding hydrogens is 408 g/mol. The van der Waals surface area contributed by atoms with Crippen LogP contribution >= 0.6 is 0 Å². The Morgan fingerprint density at radius 2 is 1.85 bits per heavy atom. The lowest BCUT2D eigenvalue weighted by Gasteiger charge is -2.24. The van der Waals surface area contributed by atoms with E-state index in [0.29, 0.717) is 5.92 Å². The van der Waals surface area contributed by atoms with Crippen LogP contribution in [-0.4, -0.2) is 28.4 Å². The number of hydrogen-bond donors (Lipinski definition) is 0. The van der Waals surface area contributed by atoms with Gasteiger partial charge in [0.15, 0.2) is 5.78 Å². The van der Waals surface area contributed by atoms with Crippen molar-refractivity contribution in [2.75, 3.05) is 13.2 Å². The molecule has 33 heavy (non-hydrogen) atoms. The van der Waals surface area contributed by atoms with Gasteiger partial charge in [-0.2, -0.15) is 0 Å². The molecule has 2 aromatic carbocycles. The Labute approximate surface area is 195 Å². The normalized spacial score (nSPS) is 14.6. The number of benzene rings is 2. The Morgan fingerprint density at radius 1 is 1.03 bits per heavy atom. The van der Waals surface area contributed by atoms with Gasteiger partial charge >= 0.3 is 0 Å². The molecule has 0 saturated carbocycles. The highest BCUT2D eigenvalue weighted by molar-refractivity contribution is 5.96. The van der Waals surface area contributed by atoms with Gasteiger partial charge in [-0.1, -0.05) is 36.4 Å². The summed E-state index contributed by atoms with van der Waals surface area (Å²) < 4.78 is 7.69. The SMILES string of the molecule is CC(=O)c1ccc(-c2ccc(Cc3ccc(C4CCOCC4)c(C)c3)c3nccn23)cc1C. The minimum Gasteiger partial charge on any atom is -0.381 e. The molecule has 1 fully saturated rings. The second-order valence-corrected chi connectivity index (χ2v) is 9.20. The third-order valence-electron chi connectivity index (χ3n) is 6.92. The summed E-state index contributed by atoms with van der Waals surface area (Å²) in [6, 6.07) is 17.3. The first kappa shape index (κ1) is 21.6. The monoisotopic (exact) mass is 438 g/mol. The topological polar surface area (TPSA) is 43.6 Å². The maximum absolute atomic E-state index is 11.8. The zero-order chi connectivity index (χ0) is 22.9. The largest absolute Gasteiger partial charge is 0.381 e. The molecule has 1 aliphatic heterocycles. The first-order valence-electron chi connectivity index (χ1n) is 11.8. The summed E-state index contributed by atoms with van der Waals surface area (Å²) in [7, 11) is 0. The number of ketones is 1. The summed E-state index contributed by atoms with van der Waals surface area (Å²) in [4.78, 5) is 16.5. The molecule has 4 heteroatoms. The van der Waals surface area contributed by atoms with Gasteiger partial charge in [0.05, 0.1) is 5.69 Å². The van der Waals surface area contributed by atoms with Gasteiger partial charge in [-0.3, -0.25) is 9.20 Å². The standard InChI is InChI=1S/C29H30N2O2/c1-19-16-22(4-7-27(19)23-10-14-33-15-11-23)18-25-6-9-28(31-13-12-30-29(25)31)24-5-8-26(21(3)32)20(2)17-24/h4-9,12-13,16-17,23H,10-11,14-15,18H2,1-3H3. The molecule has 0 bridgehead atoms. The van der Waals surface area contributed by atoms with Crippen LogP contribution < -0.4 is 0 Å². The van der Waals surface area contributed by atoms with Crippen molar-refractivity contribution >= 4 is 11.4 Å². The van der Waals surface area contributed by atoms with Crippen LogP contribution in [0.15, 0.2) is 60.9 Å². The van der Waals surface area contributed by atoms with E-state index in [9.17, 15) is 4.79 Å². The number of pyridine rings is 1. The highest BCUT2D eigenvalue weighted by atomic mass is 16.5. The van der Waals surface area contributed by atoms with Crippen molar-refractivity contribution in [3.8, 4) is 11.3 Å². The molecule has 5 rings (SSSR count). The fraction of sp³-hybridized carbons (Fsp3) is 0.310. The molecular formula is C29H30N2O2. The zero-order valence-electron chi connectivity index (χ0n) is 19.6. The molecule has 0 atom stereocenters. The van der Waals surface area contributed by atoms with Crippen molar-refractivity contribution in [2.45, 2.75) is 46.0 Å². The van der Waals surface area contributed by atoms with Crippen molar-refractivity contribution in [3.63, 3.8) is 0 Å². The number of fused-ring (bicyclic) bond motifs is 1. The first-order chi connectivity index (χ1) is 16.0. The predicted molar refractivity (Wildman–Crippen MR) is 132 cm³/mol. The van der Waals surface area contributed by atoms with Crippen molar-refractivity contribution in [1.82, 2.24) is 9.38 Å². The Hall–Kier alpha value is -3.24. The van der Waals surface area contributed by atoms with Crippen molar-refractivity contribution in [2.24, 2.45) is 0 Å². The average Bonchev–Trinajstić information content (AvgIpc) is 3.30. The van der Waals surface area contributed by atoms with Gasteiger partial charge in [0.1, 0.15) is 5.65 Å². The van der Waals surface area contributed by atoms with E-state index in [-0.39, 0.29) is 5.78 Å². The Balaban J connectivity index is 1.45. The number of ether oxygens (including phenoxy) is 1. The lowest BCUT2D eigenvalue weighted by Crippen LogP contribution is -2.15. The molecule has 168 valence electrons. The molecule has 4 aromatic rings. The molecule has 1 saturated heterocycles. The van der Waals surface area contributed by atoms with Gasteiger partial charge < -0.3 is 4.74 Å². The summed E-state index contributed by atoms with van der Waals surface area (Å²) in [6.07, 6.45) is 6.95. The molecule has 0 spiro atoms. The summed E-state index contributed by atoms with van der Waals surface area (Å²) in [6.45, 7) is 7.57. The van der Waals surface area contributed by atoms with Crippen LogP contribution in [0.25, 0.3) is 16.9 Å². The second-order valence-electron chi connectivity index (χ2n) is 9.20. The van der Waals surface area contributed by atoms with E-state index in [2.05, 4.69) is 52.7 Å². The first-order valence-corrected chi connectivity index (χ1v) is 11.8. The maximum Gasteiger partial charge on any atom is 0.160 e. The van der Waals surface area contributed by atoms with Crippen molar-refractivity contribution in [3.05, 3.63) is 94.3 Å². The fourth-order valence-electron chi connectivity index (χ4n) is 5.20. The van der Waals surface area contributed by atoms with E-state index in [0.717, 1.165) is 60.5 Å². The zero-order valence-corrected chi connectivity index (χ0v) is 19.6. The molecule has 1 aliphatic rings. The minimum atomic E-state index is 0.0975. The highest BCUT2D eigenvalue weighted by Gasteiger charge is 2.18. The third-order valence-corrected chi connectivity index (χ3v) is 6.92. The lowest BCUT2D eigenvalue weighted by molar-refractivity contribution is 0.0852. The molecule has 0 amide bonds. The van der Waals surface area contributed by atoms with E-state index < -0.39 is 0 Å². The summed E-state index contributed by atoms with van der Waals surface area (Å²) >= 11 is 0. The summed E-state index contributed by atoms with van der Waals surface area (Å²) in [5.74, 6) is 0.712. The fourth-order valence-corrected chi connectivity index (χ4v) is 5.20. The number of carbonyl (C=O) groups is 1. The Morgan fingerprint density at radius 3 is 2.58 bits per heavy atom. The molecule has 2 aromatic heterocycles. The van der Waals surface area contributed by atoms with Gasteiger partial charge in [-0.25, -0.2) is 4.98 Å². The average molecular weight is 439 g/mol. The van der Waals surface area contributed by atoms with Crippen molar-refractivity contribution in [1.29, 1.82) is 0 Å². The number of imidazole rings is 1. The van der Waals surface area contributed by atoms with Crippen LogP contribution in [0.3, 0.4) is 0 Å². The summed E-state index contributed by atoms with van der Waals surface area (Å²) in [5, 5.41) is 0. The quantitative estimate of drug-likeness (QED) is 0.343. The van der Waals surface area contributed by atoms with Gasteiger partial charge in [0.25, 0.3) is 0 Å². The molecule has 4 nitrogen and oxygen atoms in total. The number of aromatic nitrogens is 2. The Kier molecular flexibility index (Phi) is 5.86. The van der Waals surface area contributed by atoms with E-state index in [1.807, 2.05) is 31.5 Å². The predicted octanol–water partition coefficient (Wildman–Crippen LogP) is 6.31. The van der Waals surface area contributed by atoms with Crippen LogP contribution in [0.5, 0.6) is 0 Å². The van der Waals surface area contributed by atoms with Gasteiger partial charge in [-0.05, 0) is 85.0 Å². The number of hydrogen-bond acceptors (Lipinski definition) is 3. The van der Waals surface area contributed by atoms with E-state index in [4.69, 9.17) is 4.74 Å². The van der Waals surface area contributed by atoms with Crippen LogP contribution in [-0.2, 0) is 11.2 Å². The van der Waals surface area contributed by atoms with Crippen LogP contribution in [0.2, 0.25) is 0 Å². The lowest BCUT2D eigenvalue weighted by atomic mass is 9.87.